The molecule has 1 N–H and O–H groups in total. The summed E-state index contributed by atoms with van der Waals surface area (Å²) in [6.45, 7) is 1.55. The molecule has 29 heavy (non-hydrogen) atoms. The molecule has 1 aromatic heterocycles. The summed E-state index contributed by atoms with van der Waals surface area (Å²) in [6, 6.07) is 5.95. The van der Waals surface area contributed by atoms with Crippen molar-refractivity contribution < 1.29 is 19.2 Å². The molecular formula is C18H19B2ClN4O4. The fraction of sp³-hybridized carbons (Fsp3) is 0.333. The molecule has 1 heterocycles. The van der Waals surface area contributed by atoms with Gasteiger partial charge in [-0.15, -0.1) is 0 Å². The average molecular weight is 412 g/mol. The predicted octanol–water partition coefficient (Wildman–Crippen LogP) is 1.53. The number of hydrogen-bond donors (Lipinski definition) is 1. The Morgan fingerprint density at radius 3 is 2.55 bits per heavy atom. The lowest BCUT2D eigenvalue weighted by Crippen LogP contribution is -2.37. The van der Waals surface area contributed by atoms with Crippen molar-refractivity contribution in [2.45, 2.75) is 24.8 Å². The SMILES string of the molecule is [B]C([B])(c1noc(CN(C)C(=O)N(C)/C=C(/C)C=O)n1)C(O)c1ccc(Cl)cc1. The van der Waals surface area contributed by atoms with Crippen molar-refractivity contribution in [3.63, 3.8) is 0 Å². The highest BCUT2D eigenvalue weighted by molar-refractivity contribution is 6.40. The van der Waals surface area contributed by atoms with Crippen LogP contribution in [0.4, 0.5) is 4.79 Å². The summed E-state index contributed by atoms with van der Waals surface area (Å²) in [5.41, 5.74) is 0.818. The lowest BCUT2D eigenvalue weighted by Gasteiger charge is -2.28. The third kappa shape index (κ3) is 5.48. The highest BCUT2D eigenvalue weighted by atomic mass is 35.5. The Bertz CT molecular complexity index is 902. The average Bonchev–Trinajstić information content (AvgIpc) is 3.16. The van der Waals surface area contributed by atoms with Crippen LogP contribution in [0.15, 0.2) is 40.6 Å². The van der Waals surface area contributed by atoms with Crippen LogP contribution in [0, 0.1) is 0 Å². The zero-order chi connectivity index (χ0) is 21.8. The second-order valence-corrected chi connectivity index (χ2v) is 7.08. The molecule has 1 aromatic carbocycles. The van der Waals surface area contributed by atoms with E-state index in [2.05, 4.69) is 10.1 Å². The molecule has 1 atom stereocenters. The van der Waals surface area contributed by atoms with Crippen molar-refractivity contribution in [3.8, 4) is 0 Å². The zero-order valence-electron chi connectivity index (χ0n) is 16.2. The van der Waals surface area contributed by atoms with Gasteiger partial charge in [0.1, 0.15) is 12.8 Å². The molecular weight excluding hydrogens is 393 g/mol. The minimum absolute atomic E-state index is 0.0305. The van der Waals surface area contributed by atoms with E-state index in [1.165, 1.54) is 30.1 Å². The standard InChI is InChI=1S/C18H19B2ClN4O4/c1-11(10-26)8-24(2)17(28)25(3)9-14-22-16(23-29-14)18(19,20)15(27)12-4-6-13(21)7-5-12/h4-8,10,15,27H,9H2,1-3H3/b11-8-. The summed E-state index contributed by atoms with van der Waals surface area (Å²) in [5.74, 6) is -0.0511. The summed E-state index contributed by atoms with van der Waals surface area (Å²) in [7, 11) is 15.1. The summed E-state index contributed by atoms with van der Waals surface area (Å²) < 4.78 is 5.12. The van der Waals surface area contributed by atoms with Gasteiger partial charge in [-0.2, -0.15) is 4.98 Å². The van der Waals surface area contributed by atoms with Crippen LogP contribution in [0.25, 0.3) is 0 Å². The molecule has 0 saturated heterocycles. The molecule has 148 valence electrons. The minimum Gasteiger partial charge on any atom is -0.389 e. The maximum atomic E-state index is 12.3. The maximum Gasteiger partial charge on any atom is 0.323 e. The predicted molar refractivity (Wildman–Crippen MR) is 108 cm³/mol. The van der Waals surface area contributed by atoms with Gasteiger partial charge in [-0.3, -0.25) is 4.79 Å². The Morgan fingerprint density at radius 2 is 1.97 bits per heavy atom. The quantitative estimate of drug-likeness (QED) is 0.421. The number of aliphatic hydroxyl groups excluding tert-OH is 1. The van der Waals surface area contributed by atoms with E-state index < -0.39 is 17.3 Å². The normalized spacial score (nSPS) is 13.1. The molecule has 0 aliphatic heterocycles. The van der Waals surface area contributed by atoms with Gasteiger partial charge in [-0.1, -0.05) is 28.9 Å². The number of carbonyl (C=O) groups is 2. The molecule has 2 amide bonds. The van der Waals surface area contributed by atoms with Gasteiger partial charge in [-0.05, 0) is 29.8 Å². The van der Waals surface area contributed by atoms with Gasteiger partial charge in [0, 0.05) is 30.9 Å². The van der Waals surface area contributed by atoms with Crippen molar-refractivity contribution >= 4 is 39.6 Å². The van der Waals surface area contributed by atoms with Gasteiger partial charge in [0.05, 0.1) is 21.8 Å². The van der Waals surface area contributed by atoms with E-state index in [0.29, 0.717) is 22.4 Å². The van der Waals surface area contributed by atoms with Crippen LogP contribution in [0.2, 0.25) is 5.02 Å². The third-order valence-corrected chi connectivity index (χ3v) is 4.33. The van der Waals surface area contributed by atoms with E-state index in [9.17, 15) is 14.7 Å². The number of hydrogen-bond acceptors (Lipinski definition) is 6. The Kier molecular flexibility index (Phi) is 7.26. The number of urea groups is 1. The second-order valence-electron chi connectivity index (χ2n) is 6.64. The number of aliphatic hydroxyl groups is 1. The maximum absolute atomic E-state index is 12.3. The molecule has 0 fully saturated rings. The molecule has 2 aromatic rings. The summed E-state index contributed by atoms with van der Waals surface area (Å²) in [5, 5.41) is 12.9. The van der Waals surface area contributed by atoms with E-state index >= 15 is 0 Å². The van der Waals surface area contributed by atoms with E-state index in [-0.39, 0.29) is 18.3 Å². The number of halogens is 1. The van der Waals surface area contributed by atoms with Crippen molar-refractivity contribution in [3.05, 3.63) is 58.3 Å². The second kappa shape index (κ2) is 9.28. The fourth-order valence-electron chi connectivity index (χ4n) is 2.47. The number of allylic oxidation sites excluding steroid dienone is 1. The summed E-state index contributed by atoms with van der Waals surface area (Å²) >= 11 is 5.84. The van der Waals surface area contributed by atoms with Crippen molar-refractivity contribution in [1.82, 2.24) is 19.9 Å². The molecule has 8 nitrogen and oxygen atoms in total. The van der Waals surface area contributed by atoms with Crippen LogP contribution in [0.3, 0.4) is 0 Å². The highest BCUT2D eigenvalue weighted by Gasteiger charge is 2.34. The highest BCUT2D eigenvalue weighted by Crippen LogP contribution is 2.31. The van der Waals surface area contributed by atoms with Crippen LogP contribution in [-0.2, 0) is 16.6 Å². The van der Waals surface area contributed by atoms with Gasteiger partial charge < -0.3 is 19.4 Å². The molecule has 0 saturated carbocycles. The lowest BCUT2D eigenvalue weighted by molar-refractivity contribution is -0.104. The van der Waals surface area contributed by atoms with Crippen molar-refractivity contribution in [1.29, 1.82) is 0 Å². The zero-order valence-corrected chi connectivity index (χ0v) is 17.0. The monoisotopic (exact) mass is 412 g/mol. The number of carbonyl (C=O) groups excluding carboxylic acids is 2. The molecule has 0 bridgehead atoms. The molecule has 0 aliphatic carbocycles. The van der Waals surface area contributed by atoms with Crippen LogP contribution in [0.5, 0.6) is 0 Å². The van der Waals surface area contributed by atoms with Gasteiger partial charge in [0.2, 0.25) is 5.89 Å². The van der Waals surface area contributed by atoms with Gasteiger partial charge >= 0.3 is 6.03 Å². The number of aromatic nitrogens is 2. The Balaban J connectivity index is 2.12. The van der Waals surface area contributed by atoms with Crippen molar-refractivity contribution in [2.24, 2.45) is 0 Å². The van der Waals surface area contributed by atoms with Crippen LogP contribution < -0.4 is 0 Å². The summed E-state index contributed by atoms with van der Waals surface area (Å²) in [4.78, 5) is 29.7. The van der Waals surface area contributed by atoms with Gasteiger partial charge in [-0.25, -0.2) is 4.79 Å². The van der Waals surface area contributed by atoms with E-state index in [1.807, 2.05) is 0 Å². The summed E-state index contributed by atoms with van der Waals surface area (Å²) in [6.07, 6.45) is 0.715. The molecule has 0 aliphatic rings. The van der Waals surface area contributed by atoms with Crippen LogP contribution >= 0.6 is 11.6 Å². The lowest BCUT2D eigenvalue weighted by atomic mass is 9.50. The first-order valence-electron chi connectivity index (χ1n) is 8.52. The number of amides is 2. The van der Waals surface area contributed by atoms with E-state index in [1.54, 1.807) is 31.2 Å². The third-order valence-electron chi connectivity index (χ3n) is 4.08. The number of rotatable bonds is 7. The van der Waals surface area contributed by atoms with Crippen LogP contribution in [-0.4, -0.2) is 67.2 Å². The minimum atomic E-state index is -1.83. The molecule has 2 rings (SSSR count). The molecule has 4 radical (unpaired) electrons. The van der Waals surface area contributed by atoms with Gasteiger partial charge in [0.25, 0.3) is 0 Å². The number of nitrogens with zero attached hydrogens (tertiary/aromatic N) is 4. The number of aldehydes is 1. The Morgan fingerprint density at radius 1 is 1.34 bits per heavy atom. The largest absolute Gasteiger partial charge is 0.389 e. The van der Waals surface area contributed by atoms with Gasteiger partial charge in [0.15, 0.2) is 5.82 Å². The Hall–Kier alpha value is -2.58. The van der Waals surface area contributed by atoms with Crippen molar-refractivity contribution in [2.75, 3.05) is 14.1 Å². The molecule has 0 spiro atoms. The Labute approximate surface area is 176 Å². The smallest absolute Gasteiger partial charge is 0.323 e. The van der Waals surface area contributed by atoms with E-state index in [4.69, 9.17) is 31.8 Å². The van der Waals surface area contributed by atoms with Crippen LogP contribution in [0.1, 0.15) is 30.3 Å². The molecule has 1 unspecified atom stereocenters. The topological polar surface area (TPSA) is 99.8 Å². The fourth-order valence-corrected chi connectivity index (χ4v) is 2.59. The number of benzene rings is 1. The van der Waals surface area contributed by atoms with E-state index in [0.717, 1.165) is 0 Å². The first kappa shape index (κ1) is 22.7. The first-order valence-corrected chi connectivity index (χ1v) is 8.90. The first-order chi connectivity index (χ1) is 13.6. The molecule has 11 heteroatoms.